The molecule has 1 atom stereocenters. The van der Waals surface area contributed by atoms with E-state index in [1.807, 2.05) is 0 Å². The van der Waals surface area contributed by atoms with Crippen LogP contribution in [-0.2, 0) is 14.8 Å². The van der Waals surface area contributed by atoms with Crippen molar-refractivity contribution < 1.29 is 22.3 Å². The number of hydrogen-bond donors (Lipinski definition) is 1. The van der Waals surface area contributed by atoms with E-state index in [0.29, 0.717) is 24.4 Å². The van der Waals surface area contributed by atoms with Crippen molar-refractivity contribution in [1.29, 1.82) is 0 Å². The Balaban J connectivity index is 2.00. The van der Waals surface area contributed by atoms with Gasteiger partial charge in [-0.15, -0.1) is 0 Å². The summed E-state index contributed by atoms with van der Waals surface area (Å²) in [6.45, 7) is 7.67. The number of hydrogen-bond acceptors (Lipinski definition) is 4. The standard InChI is InChI=1S/C21H27FN2O4S/c1-5-24(6-2)29(26,27)19-11-12-20(15(3)13-19)28-14-21(25)23-16(4)17-7-9-18(22)10-8-17/h7-13,16H,5-6,14H2,1-4H3,(H,23,25)/t16-/m1/s1. The van der Waals surface area contributed by atoms with Crippen molar-refractivity contribution in [3.05, 3.63) is 59.4 Å². The Morgan fingerprint density at radius 1 is 1.14 bits per heavy atom. The molecule has 0 fully saturated rings. The molecule has 0 bridgehead atoms. The lowest BCUT2D eigenvalue weighted by Crippen LogP contribution is -2.31. The van der Waals surface area contributed by atoms with E-state index in [4.69, 9.17) is 4.74 Å². The van der Waals surface area contributed by atoms with Crippen LogP contribution in [0.3, 0.4) is 0 Å². The van der Waals surface area contributed by atoms with E-state index in [1.54, 1.807) is 52.0 Å². The van der Waals surface area contributed by atoms with Crippen molar-refractivity contribution in [2.24, 2.45) is 0 Å². The molecule has 0 radical (unpaired) electrons. The Hall–Kier alpha value is -2.45. The van der Waals surface area contributed by atoms with Gasteiger partial charge in [-0.1, -0.05) is 26.0 Å². The van der Waals surface area contributed by atoms with Gasteiger partial charge in [0.15, 0.2) is 6.61 Å². The second-order valence-electron chi connectivity index (χ2n) is 6.65. The first-order valence-electron chi connectivity index (χ1n) is 9.47. The molecule has 1 amide bonds. The van der Waals surface area contributed by atoms with Crippen LogP contribution >= 0.6 is 0 Å². The van der Waals surface area contributed by atoms with Crippen LogP contribution in [0, 0.1) is 12.7 Å². The molecule has 0 saturated carbocycles. The number of amides is 1. The number of ether oxygens (including phenoxy) is 1. The third-order valence-corrected chi connectivity index (χ3v) is 6.64. The van der Waals surface area contributed by atoms with Crippen LogP contribution in [0.4, 0.5) is 4.39 Å². The SMILES string of the molecule is CCN(CC)S(=O)(=O)c1ccc(OCC(=O)N[C@H](C)c2ccc(F)cc2)c(C)c1. The Labute approximate surface area is 171 Å². The molecule has 0 aliphatic rings. The highest BCUT2D eigenvalue weighted by Gasteiger charge is 2.22. The molecule has 29 heavy (non-hydrogen) atoms. The second-order valence-corrected chi connectivity index (χ2v) is 8.58. The average Bonchev–Trinajstić information content (AvgIpc) is 2.68. The van der Waals surface area contributed by atoms with Gasteiger partial charge in [0.1, 0.15) is 11.6 Å². The molecule has 2 rings (SSSR count). The molecule has 2 aromatic carbocycles. The Bertz CT molecular complexity index is 942. The highest BCUT2D eigenvalue weighted by atomic mass is 32.2. The van der Waals surface area contributed by atoms with Gasteiger partial charge < -0.3 is 10.1 Å². The van der Waals surface area contributed by atoms with E-state index >= 15 is 0 Å². The van der Waals surface area contributed by atoms with Crippen LogP contribution in [0.1, 0.15) is 37.9 Å². The van der Waals surface area contributed by atoms with Crippen LogP contribution in [0.15, 0.2) is 47.4 Å². The summed E-state index contributed by atoms with van der Waals surface area (Å²) in [7, 11) is -3.55. The molecule has 0 spiro atoms. The molecule has 8 heteroatoms. The summed E-state index contributed by atoms with van der Waals surface area (Å²) < 4.78 is 45.1. The van der Waals surface area contributed by atoms with Gasteiger partial charge >= 0.3 is 0 Å². The van der Waals surface area contributed by atoms with E-state index in [0.717, 1.165) is 5.56 Å². The number of aryl methyl sites for hydroxylation is 1. The Morgan fingerprint density at radius 2 is 1.76 bits per heavy atom. The first kappa shape index (κ1) is 22.8. The number of sulfonamides is 1. The van der Waals surface area contributed by atoms with E-state index in [2.05, 4.69) is 5.32 Å². The zero-order valence-corrected chi connectivity index (χ0v) is 17.9. The lowest BCUT2D eigenvalue weighted by Gasteiger charge is -2.19. The minimum Gasteiger partial charge on any atom is -0.484 e. The van der Waals surface area contributed by atoms with Gasteiger partial charge in [-0.3, -0.25) is 4.79 Å². The van der Waals surface area contributed by atoms with Crippen molar-refractivity contribution in [3.63, 3.8) is 0 Å². The molecule has 2 aromatic rings. The van der Waals surface area contributed by atoms with Gasteiger partial charge in [0.2, 0.25) is 10.0 Å². The fraction of sp³-hybridized carbons (Fsp3) is 0.381. The van der Waals surface area contributed by atoms with Crippen molar-refractivity contribution in [2.75, 3.05) is 19.7 Å². The molecule has 1 N–H and O–H groups in total. The predicted molar refractivity (Wildman–Crippen MR) is 110 cm³/mol. The molecule has 158 valence electrons. The van der Waals surface area contributed by atoms with Crippen LogP contribution in [0.2, 0.25) is 0 Å². The maximum atomic E-state index is 13.0. The normalized spacial score (nSPS) is 12.6. The molecular weight excluding hydrogens is 395 g/mol. The summed E-state index contributed by atoms with van der Waals surface area (Å²) >= 11 is 0. The summed E-state index contributed by atoms with van der Waals surface area (Å²) in [5.74, 6) is -0.230. The first-order valence-corrected chi connectivity index (χ1v) is 10.9. The number of rotatable bonds is 9. The minimum atomic E-state index is -3.55. The van der Waals surface area contributed by atoms with Gasteiger partial charge in [0.05, 0.1) is 10.9 Å². The number of halogens is 1. The van der Waals surface area contributed by atoms with Crippen molar-refractivity contribution in [2.45, 2.75) is 38.6 Å². The molecule has 0 saturated heterocycles. The third kappa shape index (κ3) is 5.77. The van der Waals surface area contributed by atoms with Crippen LogP contribution in [0.25, 0.3) is 0 Å². The lowest BCUT2D eigenvalue weighted by molar-refractivity contribution is -0.123. The maximum Gasteiger partial charge on any atom is 0.258 e. The largest absolute Gasteiger partial charge is 0.484 e. The zero-order chi connectivity index (χ0) is 21.6. The number of nitrogens with zero attached hydrogens (tertiary/aromatic N) is 1. The number of nitrogens with one attached hydrogen (secondary N) is 1. The average molecular weight is 423 g/mol. The number of carbonyl (C=O) groups is 1. The number of benzene rings is 2. The van der Waals surface area contributed by atoms with Gasteiger partial charge in [-0.25, -0.2) is 12.8 Å². The van der Waals surface area contributed by atoms with Crippen LogP contribution in [-0.4, -0.2) is 38.3 Å². The molecule has 0 aliphatic heterocycles. The minimum absolute atomic E-state index is 0.195. The van der Waals surface area contributed by atoms with Crippen molar-refractivity contribution >= 4 is 15.9 Å². The molecule has 0 unspecified atom stereocenters. The van der Waals surface area contributed by atoms with Gasteiger partial charge in [-0.05, 0) is 55.3 Å². The van der Waals surface area contributed by atoms with E-state index in [1.165, 1.54) is 22.5 Å². The summed E-state index contributed by atoms with van der Waals surface area (Å²) in [5.41, 5.74) is 1.40. The van der Waals surface area contributed by atoms with Gasteiger partial charge in [0.25, 0.3) is 5.91 Å². The fourth-order valence-electron chi connectivity index (χ4n) is 2.92. The summed E-state index contributed by atoms with van der Waals surface area (Å²) in [6.07, 6.45) is 0. The van der Waals surface area contributed by atoms with E-state index in [-0.39, 0.29) is 29.3 Å². The Kier molecular flexibility index (Phi) is 7.75. The van der Waals surface area contributed by atoms with Crippen molar-refractivity contribution in [1.82, 2.24) is 9.62 Å². The van der Waals surface area contributed by atoms with Gasteiger partial charge in [-0.2, -0.15) is 4.31 Å². The maximum absolute atomic E-state index is 13.0. The van der Waals surface area contributed by atoms with Crippen LogP contribution in [0.5, 0.6) is 5.75 Å². The van der Waals surface area contributed by atoms with Crippen LogP contribution < -0.4 is 10.1 Å². The summed E-state index contributed by atoms with van der Waals surface area (Å²) in [6, 6.07) is 10.2. The van der Waals surface area contributed by atoms with Crippen molar-refractivity contribution in [3.8, 4) is 5.75 Å². The third-order valence-electron chi connectivity index (χ3n) is 4.60. The highest BCUT2D eigenvalue weighted by Crippen LogP contribution is 2.24. The van der Waals surface area contributed by atoms with Gasteiger partial charge in [0, 0.05) is 13.1 Å². The molecule has 6 nitrogen and oxygen atoms in total. The highest BCUT2D eigenvalue weighted by molar-refractivity contribution is 7.89. The smallest absolute Gasteiger partial charge is 0.258 e. The summed E-state index contributed by atoms with van der Waals surface area (Å²) in [4.78, 5) is 12.4. The topological polar surface area (TPSA) is 75.7 Å². The second kappa shape index (κ2) is 9.84. The summed E-state index contributed by atoms with van der Waals surface area (Å²) in [5, 5.41) is 2.78. The Morgan fingerprint density at radius 3 is 2.31 bits per heavy atom. The quantitative estimate of drug-likeness (QED) is 0.672. The molecular formula is C21H27FN2O4S. The predicted octanol–water partition coefficient (Wildman–Crippen LogP) is 3.42. The molecule has 0 aliphatic carbocycles. The first-order chi connectivity index (χ1) is 13.7. The fourth-order valence-corrected chi connectivity index (χ4v) is 4.46. The molecule has 0 aromatic heterocycles. The van der Waals surface area contributed by atoms with E-state index in [9.17, 15) is 17.6 Å². The lowest BCUT2D eigenvalue weighted by atomic mass is 10.1. The molecule has 0 heterocycles. The van der Waals surface area contributed by atoms with E-state index < -0.39 is 10.0 Å². The monoisotopic (exact) mass is 422 g/mol. The number of carbonyl (C=O) groups excluding carboxylic acids is 1. The zero-order valence-electron chi connectivity index (χ0n) is 17.1.